The van der Waals surface area contributed by atoms with E-state index in [0.717, 1.165) is 17.0 Å². The molecule has 0 aliphatic heterocycles. The molecule has 0 aliphatic rings. The molecule has 5 nitrogen and oxygen atoms in total. The highest BCUT2D eigenvalue weighted by atomic mass is 16.5. The van der Waals surface area contributed by atoms with E-state index >= 15 is 0 Å². The van der Waals surface area contributed by atoms with Crippen molar-refractivity contribution in [2.75, 3.05) is 23.8 Å². The second kappa shape index (κ2) is 9.51. The molecule has 0 unspecified atom stereocenters. The van der Waals surface area contributed by atoms with Gasteiger partial charge in [0, 0.05) is 11.8 Å². The summed E-state index contributed by atoms with van der Waals surface area (Å²) in [6.45, 7) is 10.2. The summed E-state index contributed by atoms with van der Waals surface area (Å²) in [5.74, 6) is 1.27. The summed E-state index contributed by atoms with van der Waals surface area (Å²) in [5.41, 5.74) is 2.39. The molecule has 2 aromatic rings. The van der Waals surface area contributed by atoms with Gasteiger partial charge in [-0.2, -0.15) is 0 Å². The van der Waals surface area contributed by atoms with Gasteiger partial charge in [0.1, 0.15) is 18.1 Å². The number of ether oxygens (including phenoxy) is 2. The molecule has 0 aromatic heterocycles. The number of carbonyl (C=O) groups excluding carboxylic acids is 1. The molecule has 2 N–H and O–H groups in total. The molecule has 26 heavy (non-hydrogen) atoms. The van der Waals surface area contributed by atoms with Crippen LogP contribution >= 0.6 is 0 Å². The van der Waals surface area contributed by atoms with E-state index in [1.807, 2.05) is 69.3 Å². The number of rotatable bonds is 9. The van der Waals surface area contributed by atoms with Gasteiger partial charge in [-0.25, -0.2) is 0 Å². The van der Waals surface area contributed by atoms with Gasteiger partial charge in [0.15, 0.2) is 0 Å². The number of amides is 1. The van der Waals surface area contributed by atoms with Gasteiger partial charge in [-0.05, 0) is 50.6 Å². The number of anilines is 2. The Balaban J connectivity index is 1.92. The molecule has 0 fully saturated rings. The fourth-order valence-corrected chi connectivity index (χ4v) is 2.24. The van der Waals surface area contributed by atoms with E-state index in [4.69, 9.17) is 9.47 Å². The molecule has 0 aliphatic carbocycles. The van der Waals surface area contributed by atoms with Gasteiger partial charge in [-0.15, -0.1) is 0 Å². The largest absolute Gasteiger partial charge is 0.491 e. The SMILES string of the molecule is C=C(C)COc1ccccc1NCC(=O)Nc1cccc(OC(C)C)c1. The minimum atomic E-state index is -0.151. The summed E-state index contributed by atoms with van der Waals surface area (Å²) in [5, 5.41) is 5.97. The highest BCUT2D eigenvalue weighted by molar-refractivity contribution is 5.94. The van der Waals surface area contributed by atoms with E-state index in [1.165, 1.54) is 0 Å². The number of benzene rings is 2. The Morgan fingerprint density at radius 2 is 1.92 bits per heavy atom. The number of para-hydroxylation sites is 2. The number of hydrogen-bond acceptors (Lipinski definition) is 4. The lowest BCUT2D eigenvalue weighted by atomic mass is 10.2. The zero-order valence-electron chi connectivity index (χ0n) is 15.5. The zero-order valence-corrected chi connectivity index (χ0v) is 15.5. The third kappa shape index (κ3) is 6.51. The molecular formula is C21H26N2O3. The van der Waals surface area contributed by atoms with Crippen LogP contribution in [0.25, 0.3) is 0 Å². The Morgan fingerprint density at radius 3 is 2.65 bits per heavy atom. The van der Waals surface area contributed by atoms with Crippen LogP contribution in [0.5, 0.6) is 11.5 Å². The lowest BCUT2D eigenvalue weighted by Gasteiger charge is -2.14. The molecule has 2 rings (SSSR count). The van der Waals surface area contributed by atoms with E-state index < -0.39 is 0 Å². The monoisotopic (exact) mass is 354 g/mol. The first-order chi connectivity index (χ1) is 12.4. The third-order valence-electron chi connectivity index (χ3n) is 3.29. The van der Waals surface area contributed by atoms with Crippen molar-refractivity contribution in [3.8, 4) is 11.5 Å². The summed E-state index contributed by atoms with van der Waals surface area (Å²) in [6, 6.07) is 14.9. The lowest BCUT2D eigenvalue weighted by molar-refractivity contribution is -0.114. The molecule has 2 aromatic carbocycles. The number of nitrogens with one attached hydrogen (secondary N) is 2. The fourth-order valence-electron chi connectivity index (χ4n) is 2.24. The van der Waals surface area contributed by atoms with Crippen molar-refractivity contribution >= 4 is 17.3 Å². The van der Waals surface area contributed by atoms with Crippen molar-refractivity contribution in [2.45, 2.75) is 26.9 Å². The van der Waals surface area contributed by atoms with Crippen LogP contribution in [0.15, 0.2) is 60.7 Å². The zero-order chi connectivity index (χ0) is 18.9. The van der Waals surface area contributed by atoms with Gasteiger partial charge in [-0.1, -0.05) is 24.8 Å². The standard InChI is InChI=1S/C21H26N2O3/c1-15(2)14-25-20-11-6-5-10-19(20)22-13-21(24)23-17-8-7-9-18(12-17)26-16(3)4/h5-12,16,22H,1,13-14H2,2-4H3,(H,23,24). The van der Waals surface area contributed by atoms with Gasteiger partial charge in [0.25, 0.3) is 0 Å². The van der Waals surface area contributed by atoms with E-state index in [-0.39, 0.29) is 18.6 Å². The van der Waals surface area contributed by atoms with E-state index in [0.29, 0.717) is 18.0 Å². The Morgan fingerprint density at radius 1 is 1.15 bits per heavy atom. The minimum Gasteiger partial charge on any atom is -0.491 e. The summed E-state index contributed by atoms with van der Waals surface area (Å²) < 4.78 is 11.3. The van der Waals surface area contributed by atoms with Crippen LogP contribution < -0.4 is 20.1 Å². The quantitative estimate of drug-likeness (QED) is 0.652. The molecule has 0 spiro atoms. The molecule has 0 radical (unpaired) electrons. The first-order valence-corrected chi connectivity index (χ1v) is 8.60. The van der Waals surface area contributed by atoms with Crippen molar-refractivity contribution in [2.24, 2.45) is 0 Å². The average Bonchev–Trinajstić information content (AvgIpc) is 2.58. The molecular weight excluding hydrogens is 328 g/mol. The van der Waals surface area contributed by atoms with Gasteiger partial charge in [-0.3, -0.25) is 4.79 Å². The molecule has 0 heterocycles. The summed E-state index contributed by atoms with van der Waals surface area (Å²) in [7, 11) is 0. The smallest absolute Gasteiger partial charge is 0.243 e. The summed E-state index contributed by atoms with van der Waals surface area (Å²) in [6.07, 6.45) is 0.0818. The summed E-state index contributed by atoms with van der Waals surface area (Å²) >= 11 is 0. The molecule has 0 saturated carbocycles. The van der Waals surface area contributed by atoms with E-state index in [9.17, 15) is 4.79 Å². The highest BCUT2D eigenvalue weighted by Crippen LogP contribution is 2.24. The normalized spacial score (nSPS) is 10.3. The molecule has 138 valence electrons. The van der Waals surface area contributed by atoms with Gasteiger partial charge >= 0.3 is 0 Å². The third-order valence-corrected chi connectivity index (χ3v) is 3.29. The fraction of sp³-hybridized carbons (Fsp3) is 0.286. The Bertz CT molecular complexity index is 756. The lowest BCUT2D eigenvalue weighted by Crippen LogP contribution is -2.22. The van der Waals surface area contributed by atoms with Gasteiger partial charge < -0.3 is 20.1 Å². The molecule has 1 amide bonds. The van der Waals surface area contributed by atoms with Crippen LogP contribution in [-0.4, -0.2) is 25.2 Å². The predicted octanol–water partition coefficient (Wildman–Crippen LogP) is 4.48. The van der Waals surface area contributed by atoms with Crippen LogP contribution in [0.3, 0.4) is 0 Å². The maximum absolute atomic E-state index is 12.2. The highest BCUT2D eigenvalue weighted by Gasteiger charge is 2.07. The van der Waals surface area contributed by atoms with Crippen LogP contribution in [0.4, 0.5) is 11.4 Å². The minimum absolute atomic E-state index is 0.0818. The van der Waals surface area contributed by atoms with Crippen LogP contribution in [0.2, 0.25) is 0 Å². The molecule has 0 bridgehead atoms. The Labute approximate surface area is 155 Å². The average molecular weight is 354 g/mol. The van der Waals surface area contributed by atoms with E-state index in [2.05, 4.69) is 17.2 Å². The topological polar surface area (TPSA) is 59.6 Å². The first kappa shape index (κ1) is 19.4. The maximum Gasteiger partial charge on any atom is 0.243 e. The Kier molecular flexibility index (Phi) is 7.09. The Hall–Kier alpha value is -2.95. The van der Waals surface area contributed by atoms with Crippen molar-refractivity contribution in [1.82, 2.24) is 0 Å². The second-order valence-electron chi connectivity index (χ2n) is 6.34. The number of hydrogen-bond donors (Lipinski definition) is 2. The first-order valence-electron chi connectivity index (χ1n) is 8.60. The van der Waals surface area contributed by atoms with Crippen molar-refractivity contribution in [1.29, 1.82) is 0 Å². The van der Waals surface area contributed by atoms with Gasteiger partial charge in [0.2, 0.25) is 5.91 Å². The van der Waals surface area contributed by atoms with E-state index in [1.54, 1.807) is 0 Å². The predicted molar refractivity (Wildman–Crippen MR) is 106 cm³/mol. The maximum atomic E-state index is 12.2. The van der Waals surface area contributed by atoms with Crippen LogP contribution in [-0.2, 0) is 4.79 Å². The molecule has 5 heteroatoms. The second-order valence-corrected chi connectivity index (χ2v) is 6.34. The molecule has 0 atom stereocenters. The summed E-state index contributed by atoms with van der Waals surface area (Å²) in [4.78, 5) is 12.2. The van der Waals surface area contributed by atoms with Crippen LogP contribution in [0, 0.1) is 0 Å². The number of carbonyl (C=O) groups is 1. The van der Waals surface area contributed by atoms with Crippen molar-refractivity contribution in [3.63, 3.8) is 0 Å². The van der Waals surface area contributed by atoms with Crippen molar-refractivity contribution < 1.29 is 14.3 Å². The van der Waals surface area contributed by atoms with Crippen LogP contribution in [0.1, 0.15) is 20.8 Å². The molecule has 0 saturated heterocycles. The van der Waals surface area contributed by atoms with Crippen molar-refractivity contribution in [3.05, 3.63) is 60.7 Å². The van der Waals surface area contributed by atoms with Gasteiger partial charge in [0.05, 0.1) is 18.3 Å².